The molecule has 1 aromatic heterocycles. The number of aromatic nitrogens is 1. The lowest BCUT2D eigenvalue weighted by Crippen LogP contribution is -2.17. The monoisotopic (exact) mass is 244 g/mol. The Morgan fingerprint density at radius 2 is 1.88 bits per heavy atom. The lowest BCUT2D eigenvalue weighted by molar-refractivity contribution is -0.142. The summed E-state index contributed by atoms with van der Waals surface area (Å²) in [6, 6.07) is 0. The number of alkyl halides is 5. The lowest BCUT2D eigenvalue weighted by atomic mass is 10.1. The van der Waals surface area contributed by atoms with Crippen molar-refractivity contribution in [2.75, 3.05) is 0 Å². The first-order chi connectivity index (χ1) is 7.29. The molecule has 90 valence electrons. The van der Waals surface area contributed by atoms with Crippen LogP contribution in [-0.4, -0.2) is 4.98 Å². The summed E-state index contributed by atoms with van der Waals surface area (Å²) < 4.78 is 74.6. The third-order valence-electron chi connectivity index (χ3n) is 1.83. The smallest absolute Gasteiger partial charge is 0.326 e. The first kappa shape index (κ1) is 12.8. The van der Waals surface area contributed by atoms with Crippen LogP contribution in [0.3, 0.4) is 0 Å². The molecule has 0 saturated heterocycles. The van der Waals surface area contributed by atoms with E-state index >= 15 is 0 Å². The van der Waals surface area contributed by atoms with Crippen LogP contribution in [0.2, 0.25) is 0 Å². The van der Waals surface area contributed by atoms with Gasteiger partial charge in [-0.2, -0.15) is 13.2 Å². The van der Waals surface area contributed by atoms with E-state index in [1.807, 2.05) is 0 Å². The van der Waals surface area contributed by atoms with E-state index in [0.29, 0.717) is 6.20 Å². The van der Waals surface area contributed by atoms with Gasteiger partial charge in [-0.15, -0.1) is 0 Å². The Morgan fingerprint density at radius 1 is 1.31 bits per heavy atom. The number of hydrogen-bond donors (Lipinski definition) is 1. The number of hydrogen-bond acceptors (Lipinski definition) is 2. The van der Waals surface area contributed by atoms with Gasteiger partial charge in [0.15, 0.2) is 0 Å². The molecule has 0 saturated carbocycles. The third kappa shape index (κ3) is 2.26. The Labute approximate surface area is 86.1 Å². The van der Waals surface area contributed by atoms with Gasteiger partial charge in [0.1, 0.15) is 17.1 Å². The number of nitrogens with two attached hydrogens (primary N) is 1. The first-order valence-electron chi connectivity index (χ1n) is 4.01. The zero-order chi connectivity index (χ0) is 12.5. The van der Waals surface area contributed by atoms with Crippen LogP contribution in [-0.2, 0) is 12.7 Å². The molecule has 0 aliphatic rings. The Balaban J connectivity index is 3.50. The molecule has 2 nitrogen and oxygen atoms in total. The minimum Gasteiger partial charge on any atom is -0.326 e. The van der Waals surface area contributed by atoms with Crippen LogP contribution in [0.25, 0.3) is 0 Å². The van der Waals surface area contributed by atoms with E-state index in [1.54, 1.807) is 0 Å². The molecule has 1 heterocycles. The largest absolute Gasteiger partial charge is 0.421 e. The van der Waals surface area contributed by atoms with Gasteiger partial charge in [-0.3, -0.25) is 4.98 Å². The highest BCUT2D eigenvalue weighted by Gasteiger charge is 2.40. The van der Waals surface area contributed by atoms with E-state index in [-0.39, 0.29) is 0 Å². The van der Waals surface area contributed by atoms with E-state index in [2.05, 4.69) is 4.98 Å². The second kappa shape index (κ2) is 4.28. The molecule has 0 aliphatic heterocycles. The molecule has 16 heavy (non-hydrogen) atoms. The summed E-state index contributed by atoms with van der Waals surface area (Å²) in [7, 11) is 0. The molecule has 2 N–H and O–H groups in total. The van der Waals surface area contributed by atoms with Gasteiger partial charge in [-0.1, -0.05) is 0 Å². The van der Waals surface area contributed by atoms with Crippen molar-refractivity contribution < 1.29 is 26.3 Å². The fraction of sp³-hybridized carbons (Fsp3) is 0.375. The van der Waals surface area contributed by atoms with Gasteiger partial charge in [0.05, 0.1) is 0 Å². The van der Waals surface area contributed by atoms with Crippen molar-refractivity contribution in [1.82, 2.24) is 4.98 Å². The summed E-state index contributed by atoms with van der Waals surface area (Å²) in [4.78, 5) is 2.89. The van der Waals surface area contributed by atoms with E-state index in [9.17, 15) is 26.3 Å². The van der Waals surface area contributed by atoms with Gasteiger partial charge in [-0.05, 0) is 0 Å². The quantitative estimate of drug-likeness (QED) is 0.812. The summed E-state index contributed by atoms with van der Waals surface area (Å²) in [5, 5.41) is 0. The van der Waals surface area contributed by atoms with Crippen LogP contribution in [0, 0.1) is 5.82 Å². The van der Waals surface area contributed by atoms with Crippen molar-refractivity contribution >= 4 is 0 Å². The number of nitrogens with zero attached hydrogens (tertiary/aromatic N) is 1. The first-order valence-corrected chi connectivity index (χ1v) is 4.01. The molecule has 0 radical (unpaired) electrons. The van der Waals surface area contributed by atoms with Crippen LogP contribution in [0.4, 0.5) is 26.3 Å². The van der Waals surface area contributed by atoms with Crippen LogP contribution >= 0.6 is 0 Å². The molecule has 1 aromatic rings. The Kier molecular flexibility index (Phi) is 3.41. The maximum absolute atomic E-state index is 13.2. The van der Waals surface area contributed by atoms with Crippen LogP contribution in [0.1, 0.15) is 23.2 Å². The third-order valence-corrected chi connectivity index (χ3v) is 1.83. The lowest BCUT2D eigenvalue weighted by Gasteiger charge is -2.14. The van der Waals surface area contributed by atoms with Crippen molar-refractivity contribution in [3.63, 3.8) is 0 Å². The minimum absolute atomic E-state index is 0.550. The van der Waals surface area contributed by atoms with Gasteiger partial charge in [0.2, 0.25) is 0 Å². The van der Waals surface area contributed by atoms with Gasteiger partial charge in [0.25, 0.3) is 6.43 Å². The fourth-order valence-electron chi connectivity index (χ4n) is 1.12. The zero-order valence-corrected chi connectivity index (χ0v) is 7.65. The van der Waals surface area contributed by atoms with Gasteiger partial charge < -0.3 is 5.73 Å². The predicted molar refractivity (Wildman–Crippen MR) is 42.0 cm³/mol. The van der Waals surface area contributed by atoms with E-state index in [4.69, 9.17) is 5.73 Å². The molecule has 0 aliphatic carbocycles. The molecular formula is C8H6F6N2. The highest BCUT2D eigenvalue weighted by atomic mass is 19.4. The normalized spacial score (nSPS) is 12.2. The number of rotatable bonds is 2. The van der Waals surface area contributed by atoms with Crippen LogP contribution in [0.5, 0.6) is 0 Å². The SMILES string of the molecule is NCc1cnc(C(F)F)c(C(F)(F)F)c1F. The summed E-state index contributed by atoms with van der Waals surface area (Å²) in [5.74, 6) is -1.79. The Hall–Kier alpha value is -1.31. The topological polar surface area (TPSA) is 38.9 Å². The molecule has 0 unspecified atom stereocenters. The molecule has 8 heteroatoms. The molecular weight excluding hydrogens is 238 g/mol. The standard InChI is InChI=1S/C8H6F6N2/c9-5-3(1-15)2-16-6(7(10)11)4(5)8(12,13)14/h2,7H,1,15H2. The van der Waals surface area contributed by atoms with Crippen molar-refractivity contribution in [3.8, 4) is 0 Å². The summed E-state index contributed by atoms with van der Waals surface area (Å²) in [6.45, 7) is -0.550. The molecule has 0 amide bonds. The van der Waals surface area contributed by atoms with Crippen LogP contribution in [0.15, 0.2) is 6.20 Å². The molecule has 0 aromatic carbocycles. The number of halogens is 6. The highest BCUT2D eigenvalue weighted by Crippen LogP contribution is 2.37. The zero-order valence-electron chi connectivity index (χ0n) is 7.65. The van der Waals surface area contributed by atoms with E-state index < -0.39 is 41.8 Å². The van der Waals surface area contributed by atoms with Crippen molar-refractivity contribution in [2.24, 2.45) is 5.73 Å². The van der Waals surface area contributed by atoms with Gasteiger partial charge >= 0.3 is 6.18 Å². The number of pyridine rings is 1. The van der Waals surface area contributed by atoms with Crippen molar-refractivity contribution in [3.05, 3.63) is 28.8 Å². The Morgan fingerprint density at radius 3 is 2.25 bits per heavy atom. The molecule has 0 fully saturated rings. The van der Waals surface area contributed by atoms with Gasteiger partial charge in [-0.25, -0.2) is 13.2 Å². The average molecular weight is 244 g/mol. The van der Waals surface area contributed by atoms with E-state index in [1.165, 1.54) is 0 Å². The second-order valence-electron chi connectivity index (χ2n) is 2.86. The Bertz CT molecular complexity index is 387. The van der Waals surface area contributed by atoms with Gasteiger partial charge in [0, 0.05) is 18.3 Å². The van der Waals surface area contributed by atoms with E-state index in [0.717, 1.165) is 0 Å². The highest BCUT2D eigenvalue weighted by molar-refractivity contribution is 5.31. The van der Waals surface area contributed by atoms with Crippen LogP contribution < -0.4 is 5.73 Å². The molecule has 0 spiro atoms. The van der Waals surface area contributed by atoms with Crippen molar-refractivity contribution in [1.29, 1.82) is 0 Å². The summed E-state index contributed by atoms with van der Waals surface area (Å²) >= 11 is 0. The predicted octanol–water partition coefficient (Wildman–Crippen LogP) is 2.64. The molecule has 1 rings (SSSR count). The average Bonchev–Trinajstić information content (AvgIpc) is 2.14. The fourth-order valence-corrected chi connectivity index (χ4v) is 1.12. The summed E-state index contributed by atoms with van der Waals surface area (Å²) in [6.07, 6.45) is -8.15. The minimum atomic E-state index is -5.23. The van der Waals surface area contributed by atoms with Crippen molar-refractivity contribution in [2.45, 2.75) is 19.1 Å². The second-order valence-corrected chi connectivity index (χ2v) is 2.86. The molecule has 0 atom stereocenters. The maximum Gasteiger partial charge on any atom is 0.421 e. The maximum atomic E-state index is 13.2. The molecule has 0 bridgehead atoms. The summed E-state index contributed by atoms with van der Waals surface area (Å²) in [5.41, 5.74) is 0.722.